The first kappa shape index (κ1) is 15.2. The highest BCUT2D eigenvalue weighted by atomic mass is 16.6. The number of hydrogen-bond donors (Lipinski definition) is 1. The molecule has 2 rings (SSSR count). The molecule has 0 amide bonds. The van der Waals surface area contributed by atoms with Crippen LogP contribution in [0.3, 0.4) is 0 Å². The number of hydrogen-bond acceptors (Lipinski definition) is 5. The predicted octanol–water partition coefficient (Wildman–Crippen LogP) is 2.60. The van der Waals surface area contributed by atoms with Gasteiger partial charge in [0.15, 0.2) is 0 Å². The van der Waals surface area contributed by atoms with E-state index in [9.17, 15) is 20.0 Å². The van der Waals surface area contributed by atoms with Gasteiger partial charge in [0, 0.05) is 19.3 Å². The molecule has 1 heterocycles. The molecule has 7 heteroatoms. The summed E-state index contributed by atoms with van der Waals surface area (Å²) in [7, 11) is 1.71. The third-order valence-corrected chi connectivity index (χ3v) is 4.26. The van der Waals surface area contributed by atoms with Gasteiger partial charge >= 0.3 is 11.7 Å². The Kier molecular flexibility index (Phi) is 4.40. The molecule has 0 saturated heterocycles. The summed E-state index contributed by atoms with van der Waals surface area (Å²) in [5.74, 6) is -0.645. The molecule has 1 aliphatic carbocycles. The first-order valence-corrected chi connectivity index (χ1v) is 7.01. The second-order valence-corrected chi connectivity index (χ2v) is 5.52. The number of carbonyl (C=O) groups is 1. The predicted molar refractivity (Wildman–Crippen MR) is 77.4 cm³/mol. The molecule has 1 aromatic rings. The molecule has 1 aliphatic rings. The van der Waals surface area contributed by atoms with Gasteiger partial charge in [-0.25, -0.2) is 4.98 Å². The zero-order valence-electron chi connectivity index (χ0n) is 12.0. The SMILES string of the molecule is CN(c1ncccc1[N+](=O)[O-])C1(CC(=O)O)CCCCC1. The van der Waals surface area contributed by atoms with Crippen LogP contribution in [0.4, 0.5) is 11.5 Å². The van der Waals surface area contributed by atoms with Crippen LogP contribution in [0.5, 0.6) is 0 Å². The van der Waals surface area contributed by atoms with E-state index < -0.39 is 16.4 Å². The number of pyridine rings is 1. The summed E-state index contributed by atoms with van der Waals surface area (Å²) in [6.45, 7) is 0. The minimum atomic E-state index is -0.887. The summed E-state index contributed by atoms with van der Waals surface area (Å²) < 4.78 is 0. The molecule has 0 bridgehead atoms. The van der Waals surface area contributed by atoms with Crippen LogP contribution < -0.4 is 4.90 Å². The van der Waals surface area contributed by atoms with Gasteiger partial charge in [-0.05, 0) is 18.9 Å². The Morgan fingerprint density at radius 2 is 2.14 bits per heavy atom. The van der Waals surface area contributed by atoms with Crippen molar-refractivity contribution in [3.05, 3.63) is 28.4 Å². The quantitative estimate of drug-likeness (QED) is 0.662. The fraction of sp³-hybridized carbons (Fsp3) is 0.571. The van der Waals surface area contributed by atoms with Crippen molar-refractivity contribution in [2.75, 3.05) is 11.9 Å². The Bertz CT molecular complexity index is 541. The van der Waals surface area contributed by atoms with Crippen LogP contribution in [0, 0.1) is 10.1 Å². The van der Waals surface area contributed by atoms with Crippen LogP contribution in [0.1, 0.15) is 38.5 Å². The molecule has 0 unspecified atom stereocenters. The fourth-order valence-corrected chi connectivity index (χ4v) is 3.14. The Labute approximate surface area is 122 Å². The molecule has 0 aromatic carbocycles. The van der Waals surface area contributed by atoms with Crippen molar-refractivity contribution >= 4 is 17.5 Å². The molecular weight excluding hydrogens is 274 g/mol. The van der Waals surface area contributed by atoms with Crippen molar-refractivity contribution in [1.82, 2.24) is 4.98 Å². The lowest BCUT2D eigenvalue weighted by Gasteiger charge is -2.44. The number of nitrogens with zero attached hydrogens (tertiary/aromatic N) is 3. The van der Waals surface area contributed by atoms with Crippen molar-refractivity contribution in [3.63, 3.8) is 0 Å². The summed E-state index contributed by atoms with van der Waals surface area (Å²) in [5, 5.41) is 20.4. The number of carboxylic acid groups (broad SMARTS) is 1. The maximum Gasteiger partial charge on any atom is 0.311 e. The Balaban J connectivity index is 2.40. The molecule has 1 N–H and O–H groups in total. The average molecular weight is 293 g/mol. The van der Waals surface area contributed by atoms with E-state index in [0.717, 1.165) is 19.3 Å². The molecule has 1 saturated carbocycles. The van der Waals surface area contributed by atoms with Gasteiger partial charge in [-0.15, -0.1) is 0 Å². The van der Waals surface area contributed by atoms with Gasteiger partial charge in [0.05, 0.1) is 16.9 Å². The molecule has 114 valence electrons. The van der Waals surface area contributed by atoms with Crippen molar-refractivity contribution < 1.29 is 14.8 Å². The first-order valence-electron chi connectivity index (χ1n) is 7.01. The van der Waals surface area contributed by atoms with Gasteiger partial charge in [0.2, 0.25) is 5.82 Å². The van der Waals surface area contributed by atoms with Crippen molar-refractivity contribution in [1.29, 1.82) is 0 Å². The maximum absolute atomic E-state index is 11.2. The van der Waals surface area contributed by atoms with E-state index in [0.29, 0.717) is 12.8 Å². The van der Waals surface area contributed by atoms with Gasteiger partial charge in [-0.3, -0.25) is 14.9 Å². The highest BCUT2D eigenvalue weighted by molar-refractivity contribution is 5.70. The fourth-order valence-electron chi connectivity index (χ4n) is 3.14. The van der Waals surface area contributed by atoms with Gasteiger partial charge < -0.3 is 10.0 Å². The van der Waals surface area contributed by atoms with Gasteiger partial charge in [0.25, 0.3) is 0 Å². The number of anilines is 1. The van der Waals surface area contributed by atoms with Gasteiger partial charge in [-0.2, -0.15) is 0 Å². The van der Waals surface area contributed by atoms with Crippen molar-refractivity contribution in [3.8, 4) is 0 Å². The van der Waals surface area contributed by atoms with E-state index in [-0.39, 0.29) is 17.9 Å². The largest absolute Gasteiger partial charge is 0.481 e. The van der Waals surface area contributed by atoms with E-state index in [1.807, 2.05) is 0 Å². The van der Waals surface area contributed by atoms with E-state index in [2.05, 4.69) is 4.98 Å². The zero-order valence-corrected chi connectivity index (χ0v) is 12.0. The van der Waals surface area contributed by atoms with Gasteiger partial charge in [-0.1, -0.05) is 19.3 Å². The maximum atomic E-state index is 11.2. The first-order chi connectivity index (χ1) is 9.96. The molecule has 0 spiro atoms. The normalized spacial score (nSPS) is 17.2. The van der Waals surface area contributed by atoms with Crippen LogP contribution in [-0.4, -0.2) is 33.6 Å². The van der Waals surface area contributed by atoms with Gasteiger partial charge in [0.1, 0.15) is 0 Å². The standard InChI is InChI=1S/C14H19N3O4/c1-16(13-11(17(20)21)6-5-9-15-13)14(10-12(18)19)7-3-2-4-8-14/h5-6,9H,2-4,7-8,10H2,1H3,(H,18,19). The molecular formula is C14H19N3O4. The molecule has 21 heavy (non-hydrogen) atoms. The summed E-state index contributed by atoms with van der Waals surface area (Å²) in [6, 6.07) is 2.91. The molecule has 7 nitrogen and oxygen atoms in total. The monoisotopic (exact) mass is 293 g/mol. The molecule has 1 fully saturated rings. The lowest BCUT2D eigenvalue weighted by atomic mass is 9.78. The Morgan fingerprint density at radius 3 is 2.71 bits per heavy atom. The number of nitro groups is 1. The van der Waals surface area contributed by atoms with Crippen LogP contribution in [-0.2, 0) is 4.79 Å². The third kappa shape index (κ3) is 3.12. The van der Waals surface area contributed by atoms with Crippen LogP contribution in [0.25, 0.3) is 0 Å². The smallest absolute Gasteiger partial charge is 0.311 e. The number of aliphatic carboxylic acids is 1. The summed E-state index contributed by atoms with van der Waals surface area (Å²) in [4.78, 5) is 27.8. The Hall–Kier alpha value is -2.18. The second kappa shape index (κ2) is 6.07. The highest BCUT2D eigenvalue weighted by Crippen LogP contribution is 2.40. The molecule has 0 aliphatic heterocycles. The van der Waals surface area contributed by atoms with E-state index >= 15 is 0 Å². The average Bonchev–Trinajstić information content (AvgIpc) is 2.46. The van der Waals surface area contributed by atoms with E-state index in [1.54, 1.807) is 11.9 Å². The van der Waals surface area contributed by atoms with Crippen LogP contribution in [0.2, 0.25) is 0 Å². The highest BCUT2D eigenvalue weighted by Gasteiger charge is 2.40. The minimum absolute atomic E-state index is 0.0305. The molecule has 0 atom stereocenters. The van der Waals surface area contributed by atoms with E-state index in [1.165, 1.54) is 18.3 Å². The van der Waals surface area contributed by atoms with Crippen LogP contribution >= 0.6 is 0 Å². The Morgan fingerprint density at radius 1 is 1.48 bits per heavy atom. The van der Waals surface area contributed by atoms with Crippen LogP contribution in [0.15, 0.2) is 18.3 Å². The lowest BCUT2D eigenvalue weighted by molar-refractivity contribution is -0.384. The summed E-state index contributed by atoms with van der Waals surface area (Å²) >= 11 is 0. The lowest BCUT2D eigenvalue weighted by Crippen LogP contribution is -2.50. The third-order valence-electron chi connectivity index (χ3n) is 4.26. The number of rotatable bonds is 5. The second-order valence-electron chi connectivity index (χ2n) is 5.52. The topological polar surface area (TPSA) is 96.6 Å². The number of carboxylic acids is 1. The number of aromatic nitrogens is 1. The molecule has 0 radical (unpaired) electrons. The molecule has 1 aromatic heterocycles. The summed E-state index contributed by atoms with van der Waals surface area (Å²) in [5.41, 5.74) is -0.682. The zero-order chi connectivity index (χ0) is 15.5. The van der Waals surface area contributed by atoms with Crippen molar-refractivity contribution in [2.24, 2.45) is 0 Å². The summed E-state index contributed by atoms with van der Waals surface area (Å²) in [6.07, 6.45) is 5.82. The van der Waals surface area contributed by atoms with E-state index in [4.69, 9.17) is 0 Å². The van der Waals surface area contributed by atoms with Crippen molar-refractivity contribution in [2.45, 2.75) is 44.1 Å². The minimum Gasteiger partial charge on any atom is -0.481 e.